The summed E-state index contributed by atoms with van der Waals surface area (Å²) in [4.78, 5) is 17.2. The van der Waals surface area contributed by atoms with Crippen LogP contribution in [0.25, 0.3) is 4.96 Å². The van der Waals surface area contributed by atoms with Crippen LogP contribution in [0, 0.1) is 5.92 Å². The summed E-state index contributed by atoms with van der Waals surface area (Å²) in [6.45, 7) is -0.593. The molecule has 13 heteroatoms. The van der Waals surface area contributed by atoms with Gasteiger partial charge in [0.05, 0.1) is 18.8 Å². The number of halogens is 6. The van der Waals surface area contributed by atoms with Crippen LogP contribution in [0.3, 0.4) is 0 Å². The van der Waals surface area contributed by atoms with E-state index in [4.69, 9.17) is 16.3 Å². The van der Waals surface area contributed by atoms with Gasteiger partial charge < -0.3 is 4.74 Å². The lowest BCUT2D eigenvalue weighted by molar-refractivity contribution is -0.143. The van der Waals surface area contributed by atoms with Gasteiger partial charge in [0.2, 0.25) is 4.96 Å². The number of ether oxygens (including phenoxy) is 1. The fourth-order valence-electron chi connectivity index (χ4n) is 3.02. The maximum Gasteiger partial charge on any atom is 0.435 e. The van der Waals surface area contributed by atoms with Gasteiger partial charge in [0.15, 0.2) is 11.5 Å². The van der Waals surface area contributed by atoms with E-state index in [1.165, 1.54) is 12.0 Å². The summed E-state index contributed by atoms with van der Waals surface area (Å²) in [6.07, 6.45) is -5.57. The highest BCUT2D eigenvalue weighted by atomic mass is 35.5. The third-order valence-corrected chi connectivity index (χ3v) is 5.05. The van der Waals surface area contributed by atoms with Crippen molar-refractivity contribution >= 4 is 33.7 Å². The van der Waals surface area contributed by atoms with Crippen LogP contribution in [0.15, 0.2) is 0 Å². The zero-order chi connectivity index (χ0) is 20.0. The molecule has 1 saturated heterocycles. The molecule has 2 aromatic heterocycles. The van der Waals surface area contributed by atoms with E-state index < -0.39 is 35.4 Å². The number of hydrogen-bond donors (Lipinski definition) is 0. The quantitative estimate of drug-likeness (QED) is 0.518. The predicted octanol–water partition coefficient (Wildman–Crippen LogP) is 3.18. The first kappa shape index (κ1) is 20.4. The van der Waals surface area contributed by atoms with Gasteiger partial charge in [0, 0.05) is 32.5 Å². The molecule has 0 unspecified atom stereocenters. The molecule has 1 aliphatic rings. The van der Waals surface area contributed by atoms with Crippen LogP contribution >= 0.6 is 22.9 Å². The van der Waals surface area contributed by atoms with Crippen molar-refractivity contribution in [2.45, 2.75) is 31.1 Å². The van der Waals surface area contributed by atoms with Crippen molar-refractivity contribution in [3.05, 3.63) is 16.4 Å². The number of fused-ring (bicyclic) bond motifs is 1. The molecule has 6 nitrogen and oxygen atoms in total. The Morgan fingerprint density at radius 2 is 2.04 bits per heavy atom. The molecule has 27 heavy (non-hydrogen) atoms. The Morgan fingerprint density at radius 1 is 1.33 bits per heavy atom. The van der Waals surface area contributed by atoms with Gasteiger partial charge in [0.25, 0.3) is 0 Å². The maximum atomic E-state index is 13.5. The topological polar surface area (TPSA) is 59.7 Å². The maximum absolute atomic E-state index is 13.5. The largest absolute Gasteiger partial charge is 0.435 e. The second-order valence-corrected chi connectivity index (χ2v) is 7.77. The molecule has 0 bridgehead atoms. The van der Waals surface area contributed by atoms with E-state index in [1.54, 1.807) is 0 Å². The third-order valence-electron chi connectivity index (χ3n) is 4.02. The number of methoxy groups -OCH3 is 1. The Labute approximate surface area is 158 Å². The highest BCUT2D eigenvalue weighted by molar-refractivity contribution is 7.16. The van der Waals surface area contributed by atoms with Crippen molar-refractivity contribution < 1.29 is 31.5 Å². The monoisotopic (exact) mass is 432 g/mol. The van der Waals surface area contributed by atoms with Crippen LogP contribution in [0.4, 0.5) is 22.0 Å². The first-order chi connectivity index (χ1) is 12.5. The van der Waals surface area contributed by atoms with Crippen LogP contribution in [0.5, 0.6) is 0 Å². The van der Waals surface area contributed by atoms with E-state index in [-0.39, 0.29) is 36.9 Å². The van der Waals surface area contributed by atoms with Crippen LogP contribution in [0.1, 0.15) is 22.8 Å². The number of hydrogen-bond acceptors (Lipinski definition) is 6. The van der Waals surface area contributed by atoms with Gasteiger partial charge in [-0.1, -0.05) is 11.3 Å². The molecule has 0 N–H and O–H groups in total. The first-order valence-corrected chi connectivity index (χ1v) is 8.92. The van der Waals surface area contributed by atoms with Gasteiger partial charge in [0.1, 0.15) is 5.01 Å². The number of ketones is 1. The molecule has 1 atom stereocenters. The van der Waals surface area contributed by atoms with Crippen LogP contribution < -0.4 is 0 Å². The molecular formula is C14H14ClF5N4O2S. The minimum absolute atomic E-state index is 0.0405. The van der Waals surface area contributed by atoms with Crippen molar-refractivity contribution in [3.63, 3.8) is 0 Å². The van der Waals surface area contributed by atoms with E-state index in [9.17, 15) is 26.7 Å². The molecule has 0 saturated carbocycles. The van der Waals surface area contributed by atoms with Crippen LogP contribution in [-0.4, -0.2) is 50.9 Å². The number of likely N-dealkylation sites (tertiary alicyclic amines) is 1. The van der Waals surface area contributed by atoms with Crippen molar-refractivity contribution in [2.24, 2.45) is 5.92 Å². The van der Waals surface area contributed by atoms with Crippen molar-refractivity contribution in [2.75, 3.05) is 20.2 Å². The molecule has 3 rings (SSSR count). The third kappa shape index (κ3) is 4.55. The number of alkyl halides is 6. The summed E-state index contributed by atoms with van der Waals surface area (Å²) in [7, 11) is 1.39. The Morgan fingerprint density at radius 3 is 2.63 bits per heavy atom. The van der Waals surface area contributed by atoms with Gasteiger partial charge in [-0.3, -0.25) is 9.69 Å². The SMILES string of the molecule is COCc1nn2c(C(F)(F)F)c(CN3CC(=O)[C@@H](CC(F)(F)Cl)C3)nc2s1. The molecule has 0 aliphatic carbocycles. The van der Waals surface area contributed by atoms with Crippen molar-refractivity contribution in [3.8, 4) is 0 Å². The average Bonchev–Trinajstić information content (AvgIpc) is 3.10. The molecule has 0 aromatic carbocycles. The summed E-state index contributed by atoms with van der Waals surface area (Å²) in [6, 6.07) is 0. The predicted molar refractivity (Wildman–Crippen MR) is 85.8 cm³/mol. The Bertz CT molecular complexity index is 847. The number of nitrogens with zero attached hydrogens (tertiary/aromatic N) is 4. The molecule has 1 aliphatic heterocycles. The lowest BCUT2D eigenvalue weighted by Crippen LogP contribution is -2.24. The minimum atomic E-state index is -4.72. The van der Waals surface area contributed by atoms with Crippen molar-refractivity contribution in [1.29, 1.82) is 0 Å². The Hall–Kier alpha value is -1.37. The highest BCUT2D eigenvalue weighted by Gasteiger charge is 2.42. The molecule has 0 spiro atoms. The standard InChI is InChI=1S/C14H14ClF5N4O2S/c1-26-6-10-22-24-11(14(18,19)20)8(21-12(24)27-10)4-23-3-7(9(25)5-23)2-13(15,16)17/h7H,2-6H2,1H3/t7-/m0/s1. The average molecular weight is 433 g/mol. The lowest BCUT2D eigenvalue weighted by Gasteiger charge is -2.16. The Kier molecular flexibility index (Phi) is 5.45. The fourth-order valence-corrected chi connectivity index (χ4v) is 4.09. The number of rotatable bonds is 6. The second kappa shape index (κ2) is 7.22. The van der Waals surface area contributed by atoms with E-state index in [0.29, 0.717) is 9.52 Å². The van der Waals surface area contributed by atoms with E-state index in [2.05, 4.69) is 10.1 Å². The number of carbonyl (C=O) groups excluding carboxylic acids is 1. The fraction of sp³-hybridized carbons (Fsp3) is 0.643. The normalized spacial score (nSPS) is 19.5. The van der Waals surface area contributed by atoms with Crippen LogP contribution in [-0.2, 0) is 28.9 Å². The summed E-state index contributed by atoms with van der Waals surface area (Å²) in [5, 5.41) is 0.664. The van der Waals surface area contributed by atoms with Gasteiger partial charge >= 0.3 is 11.6 Å². The molecule has 3 heterocycles. The highest BCUT2D eigenvalue weighted by Crippen LogP contribution is 2.36. The van der Waals surface area contributed by atoms with Gasteiger partial charge in [-0.25, -0.2) is 4.98 Å². The van der Waals surface area contributed by atoms with Gasteiger partial charge in [-0.2, -0.15) is 31.6 Å². The van der Waals surface area contributed by atoms with E-state index in [1.807, 2.05) is 0 Å². The zero-order valence-electron chi connectivity index (χ0n) is 13.9. The smallest absolute Gasteiger partial charge is 0.377 e. The van der Waals surface area contributed by atoms with Gasteiger partial charge in [-0.15, -0.1) is 0 Å². The van der Waals surface area contributed by atoms with Crippen LogP contribution in [0.2, 0.25) is 0 Å². The molecule has 1 fully saturated rings. The number of imidazole rings is 1. The van der Waals surface area contributed by atoms with Crippen molar-refractivity contribution in [1.82, 2.24) is 19.5 Å². The number of carbonyl (C=O) groups is 1. The molecule has 2 aromatic rings. The second-order valence-electron chi connectivity index (χ2n) is 6.18. The summed E-state index contributed by atoms with van der Waals surface area (Å²) in [5.74, 6) is -1.51. The molecule has 150 valence electrons. The molecule has 0 amide bonds. The number of Topliss-reactive ketones (excluding diaryl/α,β-unsaturated/α-hetero) is 1. The lowest BCUT2D eigenvalue weighted by atomic mass is 10.0. The van der Waals surface area contributed by atoms with Gasteiger partial charge in [-0.05, 0) is 11.6 Å². The summed E-state index contributed by atoms with van der Waals surface area (Å²) in [5.41, 5.74) is -1.36. The van der Waals surface area contributed by atoms with E-state index in [0.717, 1.165) is 11.3 Å². The number of aromatic nitrogens is 3. The zero-order valence-corrected chi connectivity index (χ0v) is 15.5. The minimum Gasteiger partial charge on any atom is -0.377 e. The summed E-state index contributed by atoms with van der Waals surface area (Å²) >= 11 is 5.82. The summed E-state index contributed by atoms with van der Waals surface area (Å²) < 4.78 is 72.0. The van der Waals surface area contributed by atoms with E-state index >= 15 is 0 Å². The Balaban J connectivity index is 1.85. The first-order valence-electron chi connectivity index (χ1n) is 7.73. The molecular weight excluding hydrogens is 419 g/mol. The molecule has 0 radical (unpaired) electrons.